The Bertz CT molecular complexity index is 336. The molecule has 1 aliphatic carbocycles. The van der Waals surface area contributed by atoms with E-state index in [-0.39, 0.29) is 18.4 Å². The number of hydrogen-bond acceptors (Lipinski definition) is 3. The van der Waals surface area contributed by atoms with Crippen LogP contribution < -0.4 is 0 Å². The van der Waals surface area contributed by atoms with E-state index in [9.17, 15) is 14.7 Å². The lowest BCUT2D eigenvalue weighted by atomic mass is 9.82. The summed E-state index contributed by atoms with van der Waals surface area (Å²) in [4.78, 5) is 25.3. The minimum atomic E-state index is -0.809. The fraction of sp³-hybridized carbons (Fsp3) is 0.846. The zero-order chi connectivity index (χ0) is 13.2. The van der Waals surface area contributed by atoms with Crippen LogP contribution in [0.5, 0.6) is 0 Å². The topological polar surface area (TPSA) is 66.8 Å². The summed E-state index contributed by atoms with van der Waals surface area (Å²) in [6, 6.07) is 0. The van der Waals surface area contributed by atoms with Crippen LogP contribution in [0.15, 0.2) is 0 Å². The number of carbonyl (C=O) groups is 2. The van der Waals surface area contributed by atoms with Gasteiger partial charge in [0.1, 0.15) is 0 Å². The van der Waals surface area contributed by atoms with Crippen molar-refractivity contribution in [3.63, 3.8) is 0 Å². The van der Waals surface area contributed by atoms with Crippen LogP contribution in [0.25, 0.3) is 0 Å². The second-order valence-electron chi connectivity index (χ2n) is 5.46. The molecular formula is C13H21NO4. The number of likely N-dealkylation sites (tertiary alicyclic amines) is 1. The third-order valence-corrected chi connectivity index (χ3v) is 4.34. The Balaban J connectivity index is 1.96. The van der Waals surface area contributed by atoms with E-state index in [1.165, 1.54) is 0 Å². The maximum atomic E-state index is 12.2. The highest BCUT2D eigenvalue weighted by atomic mass is 16.5. The number of carbonyl (C=O) groups excluding carboxylic acids is 1. The van der Waals surface area contributed by atoms with E-state index in [1.54, 1.807) is 12.0 Å². The Labute approximate surface area is 107 Å². The summed E-state index contributed by atoms with van der Waals surface area (Å²) in [7, 11) is 1.65. The number of aliphatic carboxylic acids is 1. The normalized spacial score (nSPS) is 26.5. The van der Waals surface area contributed by atoms with Crippen LogP contribution in [-0.2, 0) is 14.3 Å². The van der Waals surface area contributed by atoms with Gasteiger partial charge >= 0.3 is 5.97 Å². The van der Waals surface area contributed by atoms with Crippen molar-refractivity contribution in [1.29, 1.82) is 0 Å². The smallest absolute Gasteiger partial charge is 0.310 e. The van der Waals surface area contributed by atoms with Gasteiger partial charge in [0.25, 0.3) is 0 Å². The van der Waals surface area contributed by atoms with Crippen molar-refractivity contribution in [3.8, 4) is 0 Å². The quantitative estimate of drug-likeness (QED) is 0.821. The second kappa shape index (κ2) is 5.26. The standard InChI is InChI=1S/C13H21NO4/c1-18-10-4-7-14(9-10)11(15)8-13(12(16)17)5-2-3-6-13/h10H,2-9H2,1H3,(H,16,17). The molecule has 5 heteroatoms. The van der Waals surface area contributed by atoms with Crippen LogP contribution in [0.4, 0.5) is 0 Å². The van der Waals surface area contributed by atoms with Gasteiger partial charge in [-0.3, -0.25) is 9.59 Å². The number of carboxylic acid groups (broad SMARTS) is 1. The molecule has 1 saturated heterocycles. The van der Waals surface area contributed by atoms with Gasteiger partial charge in [0.2, 0.25) is 5.91 Å². The Kier molecular flexibility index (Phi) is 3.90. The van der Waals surface area contributed by atoms with E-state index in [4.69, 9.17) is 4.74 Å². The number of carboxylic acids is 1. The summed E-state index contributed by atoms with van der Waals surface area (Å²) in [5.41, 5.74) is -0.803. The molecule has 1 amide bonds. The van der Waals surface area contributed by atoms with Gasteiger partial charge in [-0.25, -0.2) is 0 Å². The zero-order valence-corrected chi connectivity index (χ0v) is 10.9. The van der Waals surface area contributed by atoms with E-state index >= 15 is 0 Å². The van der Waals surface area contributed by atoms with Gasteiger partial charge in [0, 0.05) is 26.6 Å². The molecule has 2 rings (SSSR count). The van der Waals surface area contributed by atoms with Crippen molar-refractivity contribution in [3.05, 3.63) is 0 Å². The predicted octanol–water partition coefficient (Wildman–Crippen LogP) is 1.27. The number of nitrogens with zero attached hydrogens (tertiary/aromatic N) is 1. The third kappa shape index (κ3) is 2.51. The molecular weight excluding hydrogens is 234 g/mol. The van der Waals surface area contributed by atoms with E-state index < -0.39 is 11.4 Å². The maximum absolute atomic E-state index is 12.2. The molecule has 2 aliphatic rings. The summed E-state index contributed by atoms with van der Waals surface area (Å²) in [5, 5.41) is 9.36. The molecule has 1 N–H and O–H groups in total. The molecule has 1 saturated carbocycles. The van der Waals surface area contributed by atoms with Crippen LogP contribution in [0.3, 0.4) is 0 Å². The molecule has 0 bridgehead atoms. The molecule has 0 radical (unpaired) electrons. The van der Waals surface area contributed by atoms with Crippen LogP contribution in [0.1, 0.15) is 38.5 Å². The molecule has 2 fully saturated rings. The molecule has 1 unspecified atom stereocenters. The van der Waals surface area contributed by atoms with Gasteiger partial charge in [-0.05, 0) is 19.3 Å². The van der Waals surface area contributed by atoms with Gasteiger partial charge in [0.15, 0.2) is 0 Å². The van der Waals surface area contributed by atoms with Crippen LogP contribution in [0.2, 0.25) is 0 Å². The number of amides is 1. The van der Waals surface area contributed by atoms with Gasteiger partial charge in [-0.2, -0.15) is 0 Å². The van der Waals surface area contributed by atoms with Crippen molar-refractivity contribution in [1.82, 2.24) is 4.90 Å². The minimum absolute atomic E-state index is 0.0288. The summed E-state index contributed by atoms with van der Waals surface area (Å²) >= 11 is 0. The van der Waals surface area contributed by atoms with Crippen molar-refractivity contribution < 1.29 is 19.4 Å². The Morgan fingerprint density at radius 2 is 2.06 bits per heavy atom. The Morgan fingerprint density at radius 3 is 2.56 bits per heavy atom. The molecule has 1 heterocycles. The molecule has 5 nitrogen and oxygen atoms in total. The first-order valence-electron chi connectivity index (χ1n) is 6.61. The second-order valence-corrected chi connectivity index (χ2v) is 5.46. The van der Waals surface area contributed by atoms with E-state index in [0.717, 1.165) is 19.3 Å². The highest BCUT2D eigenvalue weighted by Crippen LogP contribution is 2.42. The average molecular weight is 255 g/mol. The molecule has 0 aromatic carbocycles. The lowest BCUT2D eigenvalue weighted by Crippen LogP contribution is -2.38. The largest absolute Gasteiger partial charge is 0.481 e. The molecule has 102 valence electrons. The summed E-state index contributed by atoms with van der Waals surface area (Å²) in [6.45, 7) is 1.29. The Morgan fingerprint density at radius 1 is 1.39 bits per heavy atom. The fourth-order valence-electron chi connectivity index (χ4n) is 3.07. The number of ether oxygens (including phenoxy) is 1. The van der Waals surface area contributed by atoms with Gasteiger partial charge in [0.05, 0.1) is 11.5 Å². The predicted molar refractivity (Wildman–Crippen MR) is 65.1 cm³/mol. The molecule has 18 heavy (non-hydrogen) atoms. The lowest BCUT2D eigenvalue weighted by molar-refractivity contribution is -0.153. The maximum Gasteiger partial charge on any atom is 0.310 e. The van der Waals surface area contributed by atoms with E-state index in [0.29, 0.717) is 25.9 Å². The molecule has 0 spiro atoms. The highest BCUT2D eigenvalue weighted by molar-refractivity contribution is 5.85. The minimum Gasteiger partial charge on any atom is -0.481 e. The van der Waals surface area contributed by atoms with Crippen molar-refractivity contribution in [2.45, 2.75) is 44.6 Å². The van der Waals surface area contributed by atoms with Gasteiger partial charge < -0.3 is 14.7 Å². The first kappa shape index (κ1) is 13.3. The number of rotatable bonds is 4. The van der Waals surface area contributed by atoms with Gasteiger partial charge in [-0.1, -0.05) is 12.8 Å². The molecule has 1 aliphatic heterocycles. The SMILES string of the molecule is COC1CCN(C(=O)CC2(C(=O)O)CCCC2)C1. The summed E-state index contributed by atoms with van der Waals surface area (Å²) < 4.78 is 5.22. The van der Waals surface area contributed by atoms with Gasteiger partial charge in [-0.15, -0.1) is 0 Å². The monoisotopic (exact) mass is 255 g/mol. The van der Waals surface area contributed by atoms with Crippen molar-refractivity contribution >= 4 is 11.9 Å². The van der Waals surface area contributed by atoms with Crippen LogP contribution >= 0.6 is 0 Å². The summed E-state index contributed by atoms with van der Waals surface area (Å²) in [6.07, 6.45) is 4.21. The first-order chi connectivity index (χ1) is 8.57. The fourth-order valence-corrected chi connectivity index (χ4v) is 3.07. The molecule has 0 aromatic rings. The van der Waals surface area contributed by atoms with Crippen molar-refractivity contribution in [2.24, 2.45) is 5.41 Å². The highest BCUT2D eigenvalue weighted by Gasteiger charge is 2.44. The molecule has 1 atom stereocenters. The first-order valence-corrected chi connectivity index (χ1v) is 6.61. The average Bonchev–Trinajstić information content (AvgIpc) is 2.97. The van der Waals surface area contributed by atoms with E-state index in [1.807, 2.05) is 0 Å². The van der Waals surface area contributed by atoms with Crippen LogP contribution in [0, 0.1) is 5.41 Å². The third-order valence-electron chi connectivity index (χ3n) is 4.34. The Hall–Kier alpha value is -1.10. The number of hydrogen-bond donors (Lipinski definition) is 1. The van der Waals surface area contributed by atoms with E-state index in [2.05, 4.69) is 0 Å². The molecule has 0 aromatic heterocycles. The number of methoxy groups -OCH3 is 1. The lowest BCUT2D eigenvalue weighted by Gasteiger charge is -2.26. The summed E-state index contributed by atoms with van der Waals surface area (Å²) in [5.74, 6) is -0.838. The van der Waals surface area contributed by atoms with Crippen molar-refractivity contribution in [2.75, 3.05) is 20.2 Å². The zero-order valence-electron chi connectivity index (χ0n) is 10.9. The van der Waals surface area contributed by atoms with Crippen LogP contribution in [-0.4, -0.2) is 48.2 Å².